The molecule has 1 fully saturated rings. The standard InChI is InChI=1S/C26H20ClN3O4/c27-18-5-7-23-21(14-18)29-25(34-23)16-4-6-22-20(13-16)28-24(30(22)19-8-10-33-11-9-19)15-2-1-3-17(12-15)26(31)32/h1-7,12-14,19H,8-11H2,(H,31,32). The van der Waals surface area contributed by atoms with Gasteiger partial charge >= 0.3 is 5.97 Å². The monoisotopic (exact) mass is 473 g/mol. The summed E-state index contributed by atoms with van der Waals surface area (Å²) in [5, 5.41) is 10.1. The van der Waals surface area contributed by atoms with Crippen molar-refractivity contribution in [3.8, 4) is 22.8 Å². The van der Waals surface area contributed by atoms with Gasteiger partial charge in [-0.05, 0) is 61.4 Å². The van der Waals surface area contributed by atoms with E-state index in [1.807, 2.05) is 24.3 Å². The minimum Gasteiger partial charge on any atom is -0.478 e. The number of hydrogen-bond acceptors (Lipinski definition) is 5. The molecule has 170 valence electrons. The number of benzene rings is 3. The van der Waals surface area contributed by atoms with Gasteiger partial charge in [0.25, 0.3) is 0 Å². The lowest BCUT2D eigenvalue weighted by Crippen LogP contribution is -2.20. The Labute approximate surface area is 199 Å². The highest BCUT2D eigenvalue weighted by Crippen LogP contribution is 2.35. The number of aromatic nitrogens is 3. The summed E-state index contributed by atoms with van der Waals surface area (Å²) >= 11 is 6.09. The smallest absolute Gasteiger partial charge is 0.335 e. The zero-order valence-electron chi connectivity index (χ0n) is 18.1. The van der Waals surface area contributed by atoms with Crippen molar-refractivity contribution in [3.05, 3.63) is 71.2 Å². The van der Waals surface area contributed by atoms with Gasteiger partial charge in [0.2, 0.25) is 5.89 Å². The number of nitrogens with zero attached hydrogens (tertiary/aromatic N) is 3. The molecule has 0 atom stereocenters. The second-order valence-electron chi connectivity index (χ2n) is 8.37. The van der Waals surface area contributed by atoms with Gasteiger partial charge in [0.15, 0.2) is 5.58 Å². The molecule has 0 unspecified atom stereocenters. The van der Waals surface area contributed by atoms with Crippen molar-refractivity contribution in [3.63, 3.8) is 0 Å². The number of ether oxygens (including phenoxy) is 1. The third-order valence-corrected chi connectivity index (χ3v) is 6.44. The van der Waals surface area contributed by atoms with Gasteiger partial charge in [-0.25, -0.2) is 14.8 Å². The topological polar surface area (TPSA) is 90.4 Å². The molecule has 0 radical (unpaired) electrons. The number of oxazole rings is 1. The molecule has 1 N–H and O–H groups in total. The lowest BCUT2D eigenvalue weighted by atomic mass is 10.1. The fraction of sp³-hybridized carbons (Fsp3) is 0.192. The van der Waals surface area contributed by atoms with Crippen LogP contribution in [0.4, 0.5) is 0 Å². The normalized spacial score (nSPS) is 14.7. The maximum Gasteiger partial charge on any atom is 0.335 e. The SMILES string of the molecule is O=C(O)c1cccc(-c2nc3cc(-c4nc5cc(Cl)ccc5o4)ccc3n2C2CCOCC2)c1. The predicted molar refractivity (Wildman–Crippen MR) is 129 cm³/mol. The van der Waals surface area contributed by atoms with Crippen molar-refractivity contribution < 1.29 is 19.1 Å². The molecule has 34 heavy (non-hydrogen) atoms. The van der Waals surface area contributed by atoms with Crippen LogP contribution in [0.5, 0.6) is 0 Å². The van der Waals surface area contributed by atoms with Crippen LogP contribution in [0.3, 0.4) is 0 Å². The minimum absolute atomic E-state index is 0.208. The summed E-state index contributed by atoms with van der Waals surface area (Å²) in [4.78, 5) is 21.1. The summed E-state index contributed by atoms with van der Waals surface area (Å²) in [6.45, 7) is 1.37. The van der Waals surface area contributed by atoms with Gasteiger partial charge in [-0.3, -0.25) is 0 Å². The van der Waals surface area contributed by atoms with Crippen LogP contribution in [0, 0.1) is 0 Å². The average Bonchev–Trinajstić information content (AvgIpc) is 3.45. The number of halogens is 1. The van der Waals surface area contributed by atoms with E-state index >= 15 is 0 Å². The van der Waals surface area contributed by atoms with Gasteiger partial charge < -0.3 is 18.8 Å². The molecule has 8 heteroatoms. The van der Waals surface area contributed by atoms with Crippen LogP contribution >= 0.6 is 11.6 Å². The van der Waals surface area contributed by atoms with E-state index in [4.69, 9.17) is 25.7 Å². The first-order valence-electron chi connectivity index (χ1n) is 11.1. The van der Waals surface area contributed by atoms with Crippen molar-refractivity contribution in [2.24, 2.45) is 0 Å². The molecule has 5 aromatic rings. The lowest BCUT2D eigenvalue weighted by molar-refractivity contribution is 0.0696. The molecular weight excluding hydrogens is 454 g/mol. The maximum atomic E-state index is 11.6. The molecule has 0 amide bonds. The number of rotatable bonds is 4. The van der Waals surface area contributed by atoms with Crippen molar-refractivity contribution >= 4 is 39.7 Å². The first kappa shape index (κ1) is 20.9. The van der Waals surface area contributed by atoms with E-state index in [0.29, 0.717) is 35.2 Å². The number of aromatic carboxylic acids is 1. The third kappa shape index (κ3) is 3.63. The van der Waals surface area contributed by atoms with Gasteiger partial charge in [-0.1, -0.05) is 23.7 Å². The molecule has 3 heterocycles. The average molecular weight is 474 g/mol. The quantitative estimate of drug-likeness (QED) is 0.333. The highest BCUT2D eigenvalue weighted by molar-refractivity contribution is 6.31. The van der Waals surface area contributed by atoms with Crippen LogP contribution in [-0.4, -0.2) is 38.8 Å². The zero-order valence-corrected chi connectivity index (χ0v) is 18.8. The van der Waals surface area contributed by atoms with Crippen LogP contribution in [0.1, 0.15) is 29.2 Å². The van der Waals surface area contributed by atoms with Gasteiger partial charge in [0, 0.05) is 35.4 Å². The Morgan fingerprint density at radius 2 is 1.82 bits per heavy atom. The Morgan fingerprint density at radius 1 is 0.971 bits per heavy atom. The summed E-state index contributed by atoms with van der Waals surface area (Å²) in [5.74, 6) is 0.273. The van der Waals surface area contributed by atoms with Gasteiger partial charge in [0.1, 0.15) is 11.3 Å². The number of carboxylic acids is 1. The number of carboxylic acid groups (broad SMARTS) is 1. The Kier molecular flexibility index (Phi) is 5.08. The molecule has 0 saturated carbocycles. The fourth-order valence-corrected chi connectivity index (χ4v) is 4.73. The fourth-order valence-electron chi connectivity index (χ4n) is 4.56. The summed E-state index contributed by atoms with van der Waals surface area (Å²) < 4.78 is 13.7. The molecule has 6 rings (SSSR count). The summed E-state index contributed by atoms with van der Waals surface area (Å²) in [7, 11) is 0. The van der Waals surface area contributed by atoms with E-state index in [9.17, 15) is 9.90 Å². The van der Waals surface area contributed by atoms with Crippen molar-refractivity contribution in [1.29, 1.82) is 0 Å². The van der Waals surface area contributed by atoms with Crippen LogP contribution in [0.25, 0.3) is 45.0 Å². The first-order chi connectivity index (χ1) is 16.6. The van der Waals surface area contributed by atoms with Crippen molar-refractivity contribution in [1.82, 2.24) is 14.5 Å². The van der Waals surface area contributed by atoms with E-state index in [1.54, 1.807) is 36.4 Å². The Hall–Kier alpha value is -3.68. The molecule has 1 aliphatic rings. The summed E-state index contributed by atoms with van der Waals surface area (Å²) in [6.07, 6.45) is 1.73. The second kappa shape index (κ2) is 8.27. The van der Waals surface area contributed by atoms with E-state index in [2.05, 4.69) is 9.55 Å². The number of fused-ring (bicyclic) bond motifs is 2. The third-order valence-electron chi connectivity index (χ3n) is 6.21. The Balaban J connectivity index is 1.51. The highest BCUT2D eigenvalue weighted by Gasteiger charge is 2.24. The number of hydrogen-bond donors (Lipinski definition) is 1. The predicted octanol–water partition coefficient (Wildman–Crippen LogP) is 6.21. The maximum absolute atomic E-state index is 11.6. The van der Waals surface area contributed by atoms with E-state index in [0.717, 1.165) is 40.8 Å². The van der Waals surface area contributed by atoms with Gasteiger partial charge in [-0.2, -0.15) is 0 Å². The Morgan fingerprint density at radius 3 is 2.65 bits per heavy atom. The van der Waals surface area contributed by atoms with E-state index in [-0.39, 0.29) is 11.6 Å². The molecule has 0 bridgehead atoms. The summed E-state index contributed by atoms with van der Waals surface area (Å²) in [6, 6.07) is 18.4. The van der Waals surface area contributed by atoms with Crippen LogP contribution in [0.15, 0.2) is 65.1 Å². The molecule has 3 aromatic carbocycles. The van der Waals surface area contributed by atoms with Gasteiger partial charge in [0.05, 0.1) is 16.6 Å². The summed E-state index contributed by atoms with van der Waals surface area (Å²) in [5.41, 5.74) is 4.93. The molecule has 2 aromatic heterocycles. The zero-order chi connectivity index (χ0) is 23.2. The van der Waals surface area contributed by atoms with Crippen LogP contribution in [0.2, 0.25) is 5.02 Å². The van der Waals surface area contributed by atoms with Crippen LogP contribution in [-0.2, 0) is 4.74 Å². The number of imidazole rings is 1. The largest absolute Gasteiger partial charge is 0.478 e. The van der Waals surface area contributed by atoms with Crippen molar-refractivity contribution in [2.45, 2.75) is 18.9 Å². The number of carbonyl (C=O) groups is 1. The molecule has 7 nitrogen and oxygen atoms in total. The lowest BCUT2D eigenvalue weighted by Gasteiger charge is -2.26. The van der Waals surface area contributed by atoms with E-state index < -0.39 is 5.97 Å². The highest BCUT2D eigenvalue weighted by atomic mass is 35.5. The first-order valence-corrected chi connectivity index (χ1v) is 11.4. The molecule has 1 aliphatic heterocycles. The molecule has 0 spiro atoms. The molecule has 1 saturated heterocycles. The van der Waals surface area contributed by atoms with E-state index in [1.165, 1.54) is 0 Å². The molecular formula is C26H20ClN3O4. The van der Waals surface area contributed by atoms with Crippen molar-refractivity contribution in [2.75, 3.05) is 13.2 Å². The second-order valence-corrected chi connectivity index (χ2v) is 8.81. The molecule has 0 aliphatic carbocycles. The van der Waals surface area contributed by atoms with Crippen LogP contribution < -0.4 is 0 Å². The minimum atomic E-state index is -0.964. The van der Waals surface area contributed by atoms with Gasteiger partial charge in [-0.15, -0.1) is 0 Å². The Bertz CT molecular complexity index is 1550.